The molecule has 0 spiro atoms. The summed E-state index contributed by atoms with van der Waals surface area (Å²) >= 11 is 0. The van der Waals surface area contributed by atoms with Crippen LogP contribution >= 0.6 is 0 Å². The Balaban J connectivity index is 1.79. The van der Waals surface area contributed by atoms with Gasteiger partial charge in [-0.25, -0.2) is 0 Å². The molecule has 5 heteroatoms. The van der Waals surface area contributed by atoms with Gasteiger partial charge in [0, 0.05) is 32.7 Å². The second-order valence-corrected chi connectivity index (χ2v) is 7.04. The fourth-order valence-corrected chi connectivity index (χ4v) is 3.27. The predicted octanol–water partition coefficient (Wildman–Crippen LogP) is 1.39. The van der Waals surface area contributed by atoms with E-state index in [1.807, 2.05) is 0 Å². The van der Waals surface area contributed by atoms with E-state index in [1.165, 1.54) is 12.8 Å². The molecule has 2 heterocycles. The van der Waals surface area contributed by atoms with Gasteiger partial charge >= 0.3 is 0 Å². The maximum Gasteiger partial charge on any atom is 0.191 e. The quantitative estimate of drug-likeness (QED) is 0.629. The van der Waals surface area contributed by atoms with E-state index >= 15 is 0 Å². The first-order valence-electron chi connectivity index (χ1n) is 8.43. The van der Waals surface area contributed by atoms with Crippen LogP contribution in [0.3, 0.4) is 0 Å². The zero-order chi connectivity index (χ0) is 15.2. The van der Waals surface area contributed by atoms with Gasteiger partial charge in [-0.1, -0.05) is 20.8 Å². The number of rotatable bonds is 4. The van der Waals surface area contributed by atoms with Gasteiger partial charge in [0.25, 0.3) is 0 Å². The van der Waals surface area contributed by atoms with Crippen LogP contribution in [0.1, 0.15) is 33.6 Å². The Kier molecular flexibility index (Phi) is 6.30. The molecule has 2 rings (SSSR count). The Bertz CT molecular complexity index is 345. The minimum Gasteiger partial charge on any atom is -0.374 e. The van der Waals surface area contributed by atoms with Crippen molar-refractivity contribution < 1.29 is 4.74 Å². The maximum atomic E-state index is 6.15. The molecule has 0 radical (unpaired) electrons. The molecule has 2 N–H and O–H groups in total. The highest BCUT2D eigenvalue weighted by Crippen LogP contribution is 2.15. The molecule has 2 aliphatic rings. The molecular weight excluding hydrogens is 264 g/mol. The Morgan fingerprint density at radius 1 is 1.33 bits per heavy atom. The second kappa shape index (κ2) is 7.99. The zero-order valence-electron chi connectivity index (χ0n) is 13.9. The summed E-state index contributed by atoms with van der Waals surface area (Å²) in [6, 6.07) is 0. The Labute approximate surface area is 129 Å². The lowest BCUT2D eigenvalue weighted by Crippen LogP contribution is -2.46. The van der Waals surface area contributed by atoms with Crippen molar-refractivity contribution in [1.29, 1.82) is 0 Å². The molecule has 2 unspecified atom stereocenters. The fourth-order valence-electron chi connectivity index (χ4n) is 3.27. The maximum absolute atomic E-state index is 6.15. The monoisotopic (exact) mass is 296 g/mol. The van der Waals surface area contributed by atoms with Gasteiger partial charge in [0.1, 0.15) is 0 Å². The number of morpholine rings is 1. The van der Waals surface area contributed by atoms with Crippen LogP contribution in [-0.2, 0) is 4.74 Å². The molecule has 0 aromatic rings. The summed E-state index contributed by atoms with van der Waals surface area (Å²) in [5.41, 5.74) is 6.15. The summed E-state index contributed by atoms with van der Waals surface area (Å²) in [5, 5.41) is 0. The first-order chi connectivity index (χ1) is 10.0. The summed E-state index contributed by atoms with van der Waals surface area (Å²) in [6.45, 7) is 13.6. The number of piperidine rings is 1. The van der Waals surface area contributed by atoms with Gasteiger partial charge in [-0.2, -0.15) is 0 Å². The van der Waals surface area contributed by atoms with E-state index in [2.05, 4.69) is 35.6 Å². The molecule has 0 bridgehead atoms. The molecule has 0 aliphatic carbocycles. The number of hydrogen-bond donors (Lipinski definition) is 1. The van der Waals surface area contributed by atoms with E-state index in [-0.39, 0.29) is 6.10 Å². The predicted molar refractivity (Wildman–Crippen MR) is 87.5 cm³/mol. The van der Waals surface area contributed by atoms with Gasteiger partial charge in [-0.05, 0) is 24.7 Å². The van der Waals surface area contributed by atoms with Gasteiger partial charge in [-0.3, -0.25) is 9.89 Å². The minimum atomic E-state index is 0.193. The average molecular weight is 296 g/mol. The van der Waals surface area contributed by atoms with Crippen molar-refractivity contribution in [2.45, 2.75) is 39.7 Å². The van der Waals surface area contributed by atoms with Crippen molar-refractivity contribution in [3.8, 4) is 0 Å². The van der Waals surface area contributed by atoms with E-state index in [0.717, 1.165) is 45.2 Å². The van der Waals surface area contributed by atoms with Crippen molar-refractivity contribution >= 4 is 5.96 Å². The number of ether oxygens (including phenoxy) is 1. The summed E-state index contributed by atoms with van der Waals surface area (Å²) in [5.74, 6) is 2.12. The van der Waals surface area contributed by atoms with E-state index in [9.17, 15) is 0 Å². The van der Waals surface area contributed by atoms with Crippen molar-refractivity contribution in [2.75, 3.05) is 45.9 Å². The van der Waals surface area contributed by atoms with Crippen molar-refractivity contribution in [3.05, 3.63) is 0 Å². The van der Waals surface area contributed by atoms with Crippen LogP contribution in [0.5, 0.6) is 0 Å². The van der Waals surface area contributed by atoms with E-state index < -0.39 is 0 Å². The lowest BCUT2D eigenvalue weighted by Gasteiger charge is -2.34. The Morgan fingerprint density at radius 3 is 2.86 bits per heavy atom. The van der Waals surface area contributed by atoms with Gasteiger partial charge in [0.15, 0.2) is 5.96 Å². The van der Waals surface area contributed by atoms with Crippen LogP contribution in [-0.4, -0.2) is 67.7 Å². The third-order valence-corrected chi connectivity index (χ3v) is 4.28. The fraction of sp³-hybridized carbons (Fsp3) is 0.938. The van der Waals surface area contributed by atoms with Gasteiger partial charge < -0.3 is 15.4 Å². The first-order valence-corrected chi connectivity index (χ1v) is 8.43. The number of likely N-dealkylation sites (tertiary alicyclic amines) is 1. The molecule has 5 nitrogen and oxygen atoms in total. The smallest absolute Gasteiger partial charge is 0.191 e. The molecular formula is C16H32N4O. The third kappa shape index (κ3) is 5.47. The van der Waals surface area contributed by atoms with Crippen LogP contribution < -0.4 is 5.73 Å². The molecule has 2 atom stereocenters. The Hall–Kier alpha value is -0.810. The summed E-state index contributed by atoms with van der Waals surface area (Å²) in [4.78, 5) is 9.29. The second-order valence-electron chi connectivity index (χ2n) is 7.04. The molecule has 0 saturated carbocycles. The van der Waals surface area contributed by atoms with Crippen LogP contribution in [0.25, 0.3) is 0 Å². The molecule has 0 amide bonds. The highest BCUT2D eigenvalue weighted by molar-refractivity contribution is 5.78. The first kappa shape index (κ1) is 16.6. The summed E-state index contributed by atoms with van der Waals surface area (Å²) < 4.78 is 5.83. The SMILES string of the molecule is CC(C)CN1CCOC(CN=C(N)N2CCCC(C)C2)C1. The molecule has 2 saturated heterocycles. The van der Waals surface area contributed by atoms with Crippen molar-refractivity contribution in [3.63, 3.8) is 0 Å². The van der Waals surface area contributed by atoms with Gasteiger partial charge in [0.2, 0.25) is 0 Å². The van der Waals surface area contributed by atoms with E-state index in [0.29, 0.717) is 18.4 Å². The lowest BCUT2D eigenvalue weighted by atomic mass is 10.0. The normalized spacial score (nSPS) is 29.1. The summed E-state index contributed by atoms with van der Waals surface area (Å²) in [6.07, 6.45) is 2.72. The number of nitrogens with two attached hydrogens (primary N) is 1. The highest BCUT2D eigenvalue weighted by atomic mass is 16.5. The van der Waals surface area contributed by atoms with Gasteiger partial charge in [0.05, 0.1) is 19.3 Å². The van der Waals surface area contributed by atoms with Crippen molar-refractivity contribution in [2.24, 2.45) is 22.6 Å². The standard InChI is InChI=1S/C16H32N4O/c1-13(2)10-19-7-8-21-15(12-19)9-18-16(17)20-6-4-5-14(3)11-20/h13-15H,4-12H2,1-3H3,(H2,17,18). The summed E-state index contributed by atoms with van der Waals surface area (Å²) in [7, 11) is 0. The largest absolute Gasteiger partial charge is 0.374 e. The van der Waals surface area contributed by atoms with Crippen LogP contribution in [0, 0.1) is 11.8 Å². The molecule has 21 heavy (non-hydrogen) atoms. The molecule has 122 valence electrons. The van der Waals surface area contributed by atoms with Crippen molar-refractivity contribution in [1.82, 2.24) is 9.80 Å². The molecule has 2 fully saturated rings. The molecule has 0 aromatic carbocycles. The van der Waals surface area contributed by atoms with Gasteiger partial charge in [-0.15, -0.1) is 0 Å². The van der Waals surface area contributed by atoms with Crippen LogP contribution in [0.4, 0.5) is 0 Å². The average Bonchev–Trinajstić information content (AvgIpc) is 2.44. The third-order valence-electron chi connectivity index (χ3n) is 4.28. The van der Waals surface area contributed by atoms with E-state index in [1.54, 1.807) is 0 Å². The lowest BCUT2D eigenvalue weighted by molar-refractivity contribution is -0.0262. The van der Waals surface area contributed by atoms with Crippen LogP contribution in [0.15, 0.2) is 4.99 Å². The van der Waals surface area contributed by atoms with E-state index in [4.69, 9.17) is 10.5 Å². The van der Waals surface area contributed by atoms with Crippen LogP contribution in [0.2, 0.25) is 0 Å². The number of aliphatic imine (C=N–C) groups is 1. The molecule has 2 aliphatic heterocycles. The highest BCUT2D eigenvalue weighted by Gasteiger charge is 2.22. The number of nitrogens with zero attached hydrogens (tertiary/aromatic N) is 3. The Morgan fingerprint density at radius 2 is 2.14 bits per heavy atom. The minimum absolute atomic E-state index is 0.193. The topological polar surface area (TPSA) is 54.1 Å². The number of guanidine groups is 1. The zero-order valence-corrected chi connectivity index (χ0v) is 13.9. The number of hydrogen-bond acceptors (Lipinski definition) is 3. The molecule has 0 aromatic heterocycles.